The van der Waals surface area contributed by atoms with Crippen molar-refractivity contribution in [3.8, 4) is 5.75 Å². The van der Waals surface area contributed by atoms with Crippen LogP contribution in [0.3, 0.4) is 0 Å². The van der Waals surface area contributed by atoms with Crippen LogP contribution in [0.1, 0.15) is 27.7 Å². The molecule has 0 aliphatic carbocycles. The van der Waals surface area contributed by atoms with Crippen molar-refractivity contribution in [2.45, 2.75) is 6.04 Å². The lowest BCUT2D eigenvalue weighted by molar-refractivity contribution is 0.0971. The number of hydrogen-bond donors (Lipinski definition) is 1. The van der Waals surface area contributed by atoms with Gasteiger partial charge in [0, 0.05) is 11.6 Å². The minimum Gasteiger partial charge on any atom is -0.508 e. The van der Waals surface area contributed by atoms with Gasteiger partial charge in [0.05, 0.1) is 17.0 Å². The lowest BCUT2D eigenvalue weighted by atomic mass is 9.98. The van der Waals surface area contributed by atoms with Crippen molar-refractivity contribution in [2.24, 2.45) is 0 Å². The molecule has 2 aromatic heterocycles. The molecule has 1 aliphatic heterocycles. The summed E-state index contributed by atoms with van der Waals surface area (Å²) in [5, 5.41) is 12.6. The number of amides is 1. The summed E-state index contributed by atoms with van der Waals surface area (Å²) in [6, 6.07) is 12.7. The first-order valence-corrected chi connectivity index (χ1v) is 9.11. The third-order valence-corrected chi connectivity index (χ3v) is 5.36. The molecule has 0 spiro atoms. The van der Waals surface area contributed by atoms with Crippen LogP contribution in [0.2, 0.25) is 0 Å². The van der Waals surface area contributed by atoms with Crippen LogP contribution in [0, 0.1) is 0 Å². The average molecular weight is 376 g/mol. The molecule has 7 heteroatoms. The SMILES string of the molecule is O=C1c2oc3ccccc3c(=O)c2C(c2cccc(O)c2)N1c1nccs1. The Morgan fingerprint density at radius 1 is 1.11 bits per heavy atom. The van der Waals surface area contributed by atoms with Crippen LogP contribution in [0.4, 0.5) is 5.13 Å². The van der Waals surface area contributed by atoms with Gasteiger partial charge >= 0.3 is 0 Å². The van der Waals surface area contributed by atoms with Gasteiger partial charge in [-0.25, -0.2) is 4.98 Å². The van der Waals surface area contributed by atoms with E-state index in [4.69, 9.17) is 4.42 Å². The number of phenolic OH excluding ortho intramolecular Hbond substituents is 1. The van der Waals surface area contributed by atoms with Crippen molar-refractivity contribution in [1.82, 2.24) is 4.98 Å². The summed E-state index contributed by atoms with van der Waals surface area (Å²) in [4.78, 5) is 32.1. The van der Waals surface area contributed by atoms with Crippen LogP contribution >= 0.6 is 11.3 Å². The topological polar surface area (TPSA) is 83.6 Å². The van der Waals surface area contributed by atoms with Crippen molar-refractivity contribution in [3.05, 3.63) is 87.2 Å². The summed E-state index contributed by atoms with van der Waals surface area (Å²) in [5.41, 5.74) is 0.984. The maximum absolute atomic E-state index is 13.2. The molecule has 1 aliphatic rings. The first-order valence-electron chi connectivity index (χ1n) is 8.23. The zero-order chi connectivity index (χ0) is 18.5. The average Bonchev–Trinajstić information content (AvgIpc) is 3.29. The zero-order valence-electron chi connectivity index (χ0n) is 13.8. The number of carbonyl (C=O) groups is 1. The van der Waals surface area contributed by atoms with Crippen LogP contribution in [0.5, 0.6) is 5.75 Å². The fourth-order valence-corrected chi connectivity index (χ4v) is 4.13. The smallest absolute Gasteiger partial charge is 0.297 e. The minimum atomic E-state index is -0.716. The van der Waals surface area contributed by atoms with Crippen LogP contribution in [-0.4, -0.2) is 16.0 Å². The number of para-hydroxylation sites is 1. The van der Waals surface area contributed by atoms with Crippen molar-refractivity contribution in [2.75, 3.05) is 4.90 Å². The Labute approximate surface area is 156 Å². The molecule has 132 valence electrons. The first kappa shape index (κ1) is 15.8. The highest BCUT2D eigenvalue weighted by Gasteiger charge is 2.44. The molecule has 1 unspecified atom stereocenters. The molecule has 0 bridgehead atoms. The van der Waals surface area contributed by atoms with E-state index in [9.17, 15) is 14.7 Å². The second-order valence-electron chi connectivity index (χ2n) is 6.16. The molecule has 2 aromatic carbocycles. The Morgan fingerprint density at radius 2 is 1.96 bits per heavy atom. The van der Waals surface area contributed by atoms with Crippen LogP contribution in [-0.2, 0) is 0 Å². The minimum absolute atomic E-state index is 0.0160. The molecule has 0 saturated carbocycles. The molecule has 3 heterocycles. The lowest BCUT2D eigenvalue weighted by Crippen LogP contribution is -2.29. The monoisotopic (exact) mass is 376 g/mol. The molecular formula is C20H12N2O4S. The molecule has 6 nitrogen and oxygen atoms in total. The van der Waals surface area contributed by atoms with Gasteiger partial charge in [-0.1, -0.05) is 24.3 Å². The van der Waals surface area contributed by atoms with Gasteiger partial charge in [-0.05, 0) is 29.8 Å². The van der Waals surface area contributed by atoms with Crippen LogP contribution < -0.4 is 10.3 Å². The molecule has 1 amide bonds. The van der Waals surface area contributed by atoms with Gasteiger partial charge in [0.25, 0.3) is 5.91 Å². The Kier molecular flexibility index (Phi) is 3.38. The standard InChI is InChI=1S/C20H12N2O4S/c23-12-5-3-4-11(10-12)16-15-17(24)13-6-1-2-7-14(13)26-18(15)19(25)22(16)20-21-8-9-27-20/h1-10,16,23H. The molecule has 1 atom stereocenters. The second-order valence-corrected chi connectivity index (χ2v) is 7.03. The number of aromatic nitrogens is 1. The molecule has 4 aromatic rings. The zero-order valence-corrected chi connectivity index (χ0v) is 14.6. The first-order chi connectivity index (χ1) is 13.1. The lowest BCUT2D eigenvalue weighted by Gasteiger charge is -2.22. The Hall–Kier alpha value is -3.45. The quantitative estimate of drug-likeness (QED) is 0.577. The van der Waals surface area contributed by atoms with Gasteiger partial charge in [-0.15, -0.1) is 11.3 Å². The van der Waals surface area contributed by atoms with Crippen molar-refractivity contribution in [3.63, 3.8) is 0 Å². The van der Waals surface area contributed by atoms with Gasteiger partial charge in [0.15, 0.2) is 10.6 Å². The van der Waals surface area contributed by atoms with Gasteiger partial charge in [0.1, 0.15) is 11.3 Å². The molecule has 27 heavy (non-hydrogen) atoms. The van der Waals surface area contributed by atoms with E-state index in [1.54, 1.807) is 54.0 Å². The normalized spacial score (nSPS) is 16.1. The van der Waals surface area contributed by atoms with Crippen LogP contribution in [0.25, 0.3) is 11.0 Å². The third-order valence-electron chi connectivity index (χ3n) is 4.59. The number of benzene rings is 2. The predicted octanol–water partition coefficient (Wildman–Crippen LogP) is 3.70. The van der Waals surface area contributed by atoms with E-state index in [-0.39, 0.29) is 22.5 Å². The second kappa shape index (κ2) is 5.78. The van der Waals surface area contributed by atoms with E-state index in [0.717, 1.165) is 0 Å². The van der Waals surface area contributed by atoms with Crippen molar-refractivity contribution >= 4 is 33.3 Å². The largest absolute Gasteiger partial charge is 0.508 e. The molecule has 1 N–H and O–H groups in total. The Morgan fingerprint density at radius 3 is 2.74 bits per heavy atom. The predicted molar refractivity (Wildman–Crippen MR) is 101 cm³/mol. The number of anilines is 1. The van der Waals surface area contributed by atoms with Crippen LogP contribution in [0.15, 0.2) is 69.3 Å². The van der Waals surface area contributed by atoms with E-state index < -0.39 is 11.9 Å². The number of nitrogens with zero attached hydrogens (tertiary/aromatic N) is 2. The van der Waals surface area contributed by atoms with Gasteiger partial charge < -0.3 is 9.52 Å². The number of rotatable bonds is 2. The third kappa shape index (κ3) is 2.29. The maximum Gasteiger partial charge on any atom is 0.297 e. The van der Waals surface area contributed by atoms with E-state index in [1.807, 2.05) is 0 Å². The Balaban J connectivity index is 1.85. The van der Waals surface area contributed by atoms with E-state index in [1.165, 1.54) is 22.3 Å². The maximum atomic E-state index is 13.2. The van der Waals surface area contributed by atoms with E-state index in [2.05, 4.69) is 4.98 Å². The fraction of sp³-hybridized carbons (Fsp3) is 0.0500. The molecule has 0 radical (unpaired) electrons. The van der Waals surface area contributed by atoms with E-state index in [0.29, 0.717) is 21.7 Å². The highest BCUT2D eigenvalue weighted by molar-refractivity contribution is 7.13. The number of thiazole rings is 1. The Bertz CT molecular complexity index is 1250. The summed E-state index contributed by atoms with van der Waals surface area (Å²) >= 11 is 1.30. The molecular weight excluding hydrogens is 364 g/mol. The number of fused-ring (bicyclic) bond motifs is 2. The summed E-state index contributed by atoms with van der Waals surface area (Å²) in [6.07, 6.45) is 1.60. The van der Waals surface area contributed by atoms with Crippen molar-refractivity contribution in [1.29, 1.82) is 0 Å². The molecule has 0 fully saturated rings. The summed E-state index contributed by atoms with van der Waals surface area (Å²) < 4.78 is 5.83. The fourth-order valence-electron chi connectivity index (χ4n) is 3.46. The summed E-state index contributed by atoms with van der Waals surface area (Å²) in [5.74, 6) is -0.351. The van der Waals surface area contributed by atoms with E-state index >= 15 is 0 Å². The highest BCUT2D eigenvalue weighted by Crippen LogP contribution is 2.42. The summed E-state index contributed by atoms with van der Waals surface area (Å²) in [6.45, 7) is 0. The van der Waals surface area contributed by atoms with Gasteiger partial charge in [-0.3, -0.25) is 14.5 Å². The van der Waals surface area contributed by atoms with Gasteiger partial charge in [-0.2, -0.15) is 0 Å². The molecule has 0 saturated heterocycles. The number of carbonyl (C=O) groups excluding carboxylic acids is 1. The van der Waals surface area contributed by atoms with Crippen molar-refractivity contribution < 1.29 is 14.3 Å². The summed E-state index contributed by atoms with van der Waals surface area (Å²) in [7, 11) is 0. The number of phenols is 1. The van der Waals surface area contributed by atoms with Gasteiger partial charge in [0.2, 0.25) is 5.76 Å². The number of hydrogen-bond acceptors (Lipinski definition) is 6. The molecule has 5 rings (SSSR count). The number of aromatic hydroxyl groups is 1. The highest BCUT2D eigenvalue weighted by atomic mass is 32.1.